The number of rotatable bonds is 20. The number of ketones is 1. The third-order valence-electron chi connectivity index (χ3n) is 7.48. The zero-order valence-electron chi connectivity index (χ0n) is 27.0. The topological polar surface area (TPSA) is 78.9 Å². The Morgan fingerprint density at radius 1 is 0.977 bits per heavy atom. The lowest BCUT2D eigenvalue weighted by molar-refractivity contribution is -0.145. The normalized spacial score (nSPS) is 16.3. The first-order valence-corrected chi connectivity index (χ1v) is 15.9. The van der Waals surface area contributed by atoms with E-state index < -0.39 is 5.60 Å². The molecule has 0 radical (unpaired) electrons. The van der Waals surface area contributed by atoms with Crippen molar-refractivity contribution >= 4 is 18.0 Å². The van der Waals surface area contributed by atoms with Crippen LogP contribution in [0.5, 0.6) is 11.5 Å². The van der Waals surface area contributed by atoms with E-state index in [0.717, 1.165) is 75.2 Å². The molecule has 0 aromatic heterocycles. The molecule has 1 aromatic carbocycles. The Kier molecular flexibility index (Phi) is 16.4. The number of carbonyl (C=O) groups is 3. The maximum absolute atomic E-state index is 12.5. The van der Waals surface area contributed by atoms with Crippen molar-refractivity contribution in [3.8, 4) is 11.5 Å². The number of ether oxygens (including phenoxy) is 3. The predicted molar refractivity (Wildman–Crippen MR) is 174 cm³/mol. The molecule has 0 saturated carbocycles. The first kappa shape index (κ1) is 35.8. The fraction of sp³-hybridized carbons (Fsp3) is 0.541. The summed E-state index contributed by atoms with van der Waals surface area (Å²) in [7, 11) is 1.57. The SMILES string of the molecule is CC/C=C\C/C=C\C/C=C\CCCCCCCC(=O)OCc1cc(OC)c2c(c1C=O)OC(C)(CC(=O)C=C(C)C)CC2. The van der Waals surface area contributed by atoms with Crippen LogP contribution in [0.3, 0.4) is 0 Å². The van der Waals surface area contributed by atoms with E-state index in [1.54, 1.807) is 19.3 Å². The van der Waals surface area contributed by atoms with Crippen LogP contribution in [0.25, 0.3) is 0 Å². The molecule has 1 unspecified atom stereocenters. The molecule has 43 heavy (non-hydrogen) atoms. The summed E-state index contributed by atoms with van der Waals surface area (Å²) in [6, 6.07) is 1.76. The van der Waals surface area contributed by atoms with Gasteiger partial charge in [-0.1, -0.05) is 68.2 Å². The number of hydrogen-bond donors (Lipinski definition) is 0. The number of unbranched alkanes of at least 4 members (excludes halogenated alkanes) is 5. The number of aldehydes is 1. The molecular formula is C37H52O6. The van der Waals surface area contributed by atoms with Crippen LogP contribution in [-0.2, 0) is 27.4 Å². The van der Waals surface area contributed by atoms with Crippen LogP contribution in [0.1, 0.15) is 126 Å². The molecular weight excluding hydrogens is 540 g/mol. The van der Waals surface area contributed by atoms with Crippen molar-refractivity contribution in [3.05, 3.63) is 70.9 Å². The minimum Gasteiger partial charge on any atom is -0.496 e. The molecule has 236 valence electrons. The Balaban J connectivity index is 1.79. The largest absolute Gasteiger partial charge is 0.496 e. The summed E-state index contributed by atoms with van der Waals surface area (Å²) in [6.07, 6.45) is 26.7. The molecule has 1 atom stereocenters. The van der Waals surface area contributed by atoms with Gasteiger partial charge in [-0.3, -0.25) is 14.4 Å². The number of esters is 1. The summed E-state index contributed by atoms with van der Waals surface area (Å²) < 4.78 is 17.5. The second kappa shape index (κ2) is 19.7. The molecule has 0 fully saturated rings. The zero-order valence-corrected chi connectivity index (χ0v) is 27.0. The molecule has 0 bridgehead atoms. The first-order valence-electron chi connectivity index (χ1n) is 15.9. The van der Waals surface area contributed by atoms with Crippen LogP contribution in [0.4, 0.5) is 0 Å². The molecule has 1 heterocycles. The Bertz CT molecular complexity index is 1170. The highest BCUT2D eigenvalue weighted by molar-refractivity contribution is 5.91. The van der Waals surface area contributed by atoms with Gasteiger partial charge in [0.25, 0.3) is 0 Å². The third kappa shape index (κ3) is 13.2. The van der Waals surface area contributed by atoms with Crippen molar-refractivity contribution < 1.29 is 28.6 Å². The van der Waals surface area contributed by atoms with Gasteiger partial charge in [0, 0.05) is 24.0 Å². The van der Waals surface area contributed by atoms with E-state index in [1.807, 2.05) is 20.8 Å². The van der Waals surface area contributed by atoms with Crippen molar-refractivity contribution in [2.75, 3.05) is 7.11 Å². The van der Waals surface area contributed by atoms with Gasteiger partial charge in [-0.15, -0.1) is 0 Å². The van der Waals surface area contributed by atoms with Crippen LogP contribution < -0.4 is 9.47 Å². The number of methoxy groups -OCH3 is 1. The molecule has 0 spiro atoms. The highest BCUT2D eigenvalue weighted by atomic mass is 16.5. The van der Waals surface area contributed by atoms with E-state index >= 15 is 0 Å². The Morgan fingerprint density at radius 2 is 1.65 bits per heavy atom. The van der Waals surface area contributed by atoms with Gasteiger partial charge in [0.1, 0.15) is 23.7 Å². The third-order valence-corrected chi connectivity index (χ3v) is 7.48. The van der Waals surface area contributed by atoms with Crippen molar-refractivity contribution in [1.82, 2.24) is 0 Å². The zero-order chi connectivity index (χ0) is 31.5. The van der Waals surface area contributed by atoms with Gasteiger partial charge in [-0.25, -0.2) is 0 Å². The monoisotopic (exact) mass is 592 g/mol. The second-order valence-electron chi connectivity index (χ2n) is 11.8. The fourth-order valence-corrected chi connectivity index (χ4v) is 5.20. The number of benzene rings is 1. The summed E-state index contributed by atoms with van der Waals surface area (Å²) in [5, 5.41) is 0. The average molecular weight is 593 g/mol. The molecule has 1 aliphatic rings. The summed E-state index contributed by atoms with van der Waals surface area (Å²) >= 11 is 0. The Hall–Kier alpha value is -3.41. The fourth-order valence-electron chi connectivity index (χ4n) is 5.20. The van der Waals surface area contributed by atoms with Gasteiger partial charge < -0.3 is 14.2 Å². The van der Waals surface area contributed by atoms with E-state index in [-0.39, 0.29) is 24.8 Å². The Morgan fingerprint density at radius 3 is 2.33 bits per heavy atom. The predicted octanol–water partition coefficient (Wildman–Crippen LogP) is 9.15. The maximum atomic E-state index is 12.5. The molecule has 1 aromatic rings. The lowest BCUT2D eigenvalue weighted by atomic mass is 9.86. The minimum atomic E-state index is -0.743. The summed E-state index contributed by atoms with van der Waals surface area (Å²) in [5.41, 5.74) is 1.87. The minimum absolute atomic E-state index is 0.0119. The van der Waals surface area contributed by atoms with Gasteiger partial charge >= 0.3 is 5.97 Å². The molecule has 0 aliphatic carbocycles. The van der Waals surface area contributed by atoms with E-state index in [4.69, 9.17) is 14.2 Å². The van der Waals surface area contributed by atoms with Crippen molar-refractivity contribution in [3.63, 3.8) is 0 Å². The number of carbonyl (C=O) groups excluding carboxylic acids is 3. The molecule has 2 rings (SSSR count). The van der Waals surface area contributed by atoms with Gasteiger partial charge in [0.15, 0.2) is 12.1 Å². The molecule has 1 aliphatic heterocycles. The molecule has 6 heteroatoms. The highest BCUT2D eigenvalue weighted by Gasteiger charge is 2.37. The average Bonchev–Trinajstić information content (AvgIpc) is 2.96. The lowest BCUT2D eigenvalue weighted by Crippen LogP contribution is -2.39. The van der Waals surface area contributed by atoms with E-state index in [9.17, 15) is 14.4 Å². The molecule has 0 N–H and O–H groups in total. The quantitative estimate of drug-likeness (QED) is 0.0494. The van der Waals surface area contributed by atoms with Crippen LogP contribution in [0.2, 0.25) is 0 Å². The van der Waals surface area contributed by atoms with Crippen LogP contribution >= 0.6 is 0 Å². The van der Waals surface area contributed by atoms with Crippen molar-refractivity contribution in [2.45, 2.75) is 123 Å². The summed E-state index contributed by atoms with van der Waals surface area (Å²) in [5.74, 6) is 0.718. The van der Waals surface area contributed by atoms with E-state index in [2.05, 4.69) is 43.4 Å². The Labute approximate surface area is 259 Å². The van der Waals surface area contributed by atoms with Crippen molar-refractivity contribution in [1.29, 1.82) is 0 Å². The highest BCUT2D eigenvalue weighted by Crippen LogP contribution is 2.43. The van der Waals surface area contributed by atoms with E-state index in [1.165, 1.54) is 0 Å². The van der Waals surface area contributed by atoms with Gasteiger partial charge in [-0.2, -0.15) is 0 Å². The van der Waals surface area contributed by atoms with Crippen LogP contribution in [0.15, 0.2) is 54.2 Å². The second-order valence-corrected chi connectivity index (χ2v) is 11.8. The maximum Gasteiger partial charge on any atom is 0.306 e. The molecule has 0 amide bonds. The van der Waals surface area contributed by atoms with Crippen LogP contribution in [0, 0.1) is 0 Å². The van der Waals surface area contributed by atoms with Gasteiger partial charge in [0.05, 0.1) is 12.7 Å². The van der Waals surface area contributed by atoms with Gasteiger partial charge in [0.2, 0.25) is 0 Å². The molecule has 0 saturated heterocycles. The summed E-state index contributed by atoms with van der Waals surface area (Å²) in [4.78, 5) is 37.2. The van der Waals surface area contributed by atoms with Crippen molar-refractivity contribution in [2.24, 2.45) is 0 Å². The first-order chi connectivity index (χ1) is 20.7. The molecule has 6 nitrogen and oxygen atoms in total. The number of allylic oxidation sites excluding steroid dienone is 8. The number of fused-ring (bicyclic) bond motifs is 1. The lowest BCUT2D eigenvalue weighted by Gasteiger charge is -2.37. The van der Waals surface area contributed by atoms with E-state index in [0.29, 0.717) is 41.9 Å². The van der Waals surface area contributed by atoms with Gasteiger partial charge in [-0.05, 0) is 84.3 Å². The smallest absolute Gasteiger partial charge is 0.306 e. The van der Waals surface area contributed by atoms with Crippen LogP contribution in [-0.4, -0.2) is 30.7 Å². The number of hydrogen-bond acceptors (Lipinski definition) is 6. The summed E-state index contributed by atoms with van der Waals surface area (Å²) in [6.45, 7) is 7.77. The standard InChI is InChI=1S/C37H52O6/c1-6-7-8-9-10-11-12-13-14-15-16-17-18-19-20-21-35(40)42-28-30-25-34(41-5)32-22-23-37(4,26-31(39)24-29(2)3)43-36(32)33(30)27-38/h7-8,10-11,13-14,24-25,27H,6,9,12,15-23,26,28H2,1-5H3/b8-7-,11-10-,14-13-.